The topological polar surface area (TPSA) is 72.2 Å². The molecule has 0 aromatic heterocycles. The number of rotatable bonds is 3. The molecule has 0 fully saturated rings. The highest BCUT2D eigenvalue weighted by Gasteiger charge is 2.20. The number of hydrogen-bond donors (Lipinski definition) is 2. The van der Waals surface area contributed by atoms with Crippen LogP contribution in [0.2, 0.25) is 0 Å². The van der Waals surface area contributed by atoms with E-state index in [1.807, 2.05) is 0 Å². The van der Waals surface area contributed by atoms with Crippen LogP contribution in [0.4, 0.5) is 15.8 Å². The van der Waals surface area contributed by atoms with Crippen LogP contribution in [-0.2, 0) is 10.0 Å². The first kappa shape index (κ1) is 16.3. The van der Waals surface area contributed by atoms with Crippen molar-refractivity contribution in [1.82, 2.24) is 0 Å². The Morgan fingerprint density at radius 2 is 1.86 bits per heavy atom. The van der Waals surface area contributed by atoms with Gasteiger partial charge in [-0.05, 0) is 58.7 Å². The van der Waals surface area contributed by atoms with Crippen molar-refractivity contribution in [3.8, 4) is 0 Å². The van der Waals surface area contributed by atoms with Gasteiger partial charge in [-0.2, -0.15) is 0 Å². The van der Waals surface area contributed by atoms with Gasteiger partial charge in [-0.15, -0.1) is 0 Å². The van der Waals surface area contributed by atoms with Crippen molar-refractivity contribution in [2.75, 3.05) is 10.5 Å². The lowest BCUT2D eigenvalue weighted by atomic mass is 10.2. The van der Waals surface area contributed by atoms with Gasteiger partial charge < -0.3 is 5.73 Å². The van der Waals surface area contributed by atoms with E-state index >= 15 is 0 Å². The number of anilines is 2. The smallest absolute Gasteiger partial charge is 0.263 e. The molecule has 4 nitrogen and oxygen atoms in total. The minimum absolute atomic E-state index is 0.108. The highest BCUT2D eigenvalue weighted by molar-refractivity contribution is 9.10. The fourth-order valence-corrected chi connectivity index (χ4v) is 4.35. The normalized spacial score (nSPS) is 11.4. The van der Waals surface area contributed by atoms with E-state index in [-0.39, 0.29) is 15.1 Å². The van der Waals surface area contributed by atoms with Crippen LogP contribution < -0.4 is 10.5 Å². The molecule has 2 rings (SSSR count). The Labute approximate surface area is 138 Å². The summed E-state index contributed by atoms with van der Waals surface area (Å²) in [6, 6.07) is 7.25. The highest BCUT2D eigenvalue weighted by atomic mass is 79.9. The minimum Gasteiger partial charge on any atom is -0.396 e. The molecule has 3 N–H and O–H groups in total. The summed E-state index contributed by atoms with van der Waals surface area (Å²) >= 11 is 6.35. The van der Waals surface area contributed by atoms with Crippen molar-refractivity contribution in [2.24, 2.45) is 0 Å². The fourth-order valence-electron chi connectivity index (χ4n) is 1.69. The molecule has 0 aliphatic carbocycles. The van der Waals surface area contributed by atoms with Crippen molar-refractivity contribution in [2.45, 2.75) is 11.8 Å². The van der Waals surface area contributed by atoms with Gasteiger partial charge in [0.2, 0.25) is 0 Å². The Bertz CT molecular complexity index is 810. The monoisotopic (exact) mass is 436 g/mol. The maximum Gasteiger partial charge on any atom is 0.263 e. The summed E-state index contributed by atoms with van der Waals surface area (Å²) in [6.07, 6.45) is 0. The van der Waals surface area contributed by atoms with Crippen LogP contribution in [0.3, 0.4) is 0 Å². The molecule has 0 aliphatic rings. The molecule has 21 heavy (non-hydrogen) atoms. The predicted octanol–water partition coefficient (Wildman–Crippen LogP) is 4.04. The lowest BCUT2D eigenvalue weighted by Gasteiger charge is -2.13. The zero-order valence-corrected chi connectivity index (χ0v) is 14.8. The van der Waals surface area contributed by atoms with E-state index in [4.69, 9.17) is 5.73 Å². The Kier molecular flexibility index (Phi) is 4.60. The highest BCUT2D eigenvalue weighted by Crippen LogP contribution is 2.29. The van der Waals surface area contributed by atoms with Crippen LogP contribution in [0.25, 0.3) is 0 Å². The summed E-state index contributed by atoms with van der Waals surface area (Å²) in [5, 5.41) is 0. The number of nitrogens with two attached hydrogens (primary N) is 1. The van der Waals surface area contributed by atoms with E-state index in [1.165, 1.54) is 0 Å². The number of nitrogens with one attached hydrogen (secondary N) is 1. The molecule has 0 amide bonds. The fraction of sp³-hybridized carbons (Fsp3) is 0.0769. The van der Waals surface area contributed by atoms with E-state index < -0.39 is 15.8 Å². The lowest BCUT2D eigenvalue weighted by Crippen LogP contribution is -2.15. The third kappa shape index (κ3) is 3.56. The Balaban J connectivity index is 2.46. The molecule has 2 aromatic rings. The first-order valence-corrected chi connectivity index (χ1v) is 8.81. The summed E-state index contributed by atoms with van der Waals surface area (Å²) in [6.45, 7) is 1.77. The van der Waals surface area contributed by atoms with E-state index in [2.05, 4.69) is 36.6 Å². The molecule has 0 spiro atoms. The van der Waals surface area contributed by atoms with Gasteiger partial charge in [-0.25, -0.2) is 12.8 Å². The summed E-state index contributed by atoms with van der Waals surface area (Å²) in [4.78, 5) is -0.122. The first-order valence-electron chi connectivity index (χ1n) is 5.74. The van der Waals surface area contributed by atoms with Gasteiger partial charge in [-0.1, -0.05) is 15.9 Å². The molecule has 112 valence electrons. The molecular weight excluding hydrogens is 427 g/mol. The summed E-state index contributed by atoms with van der Waals surface area (Å²) in [5.74, 6) is -0.680. The van der Waals surface area contributed by atoms with Gasteiger partial charge >= 0.3 is 0 Å². The molecule has 0 bridgehead atoms. The maximum absolute atomic E-state index is 13.3. The average Bonchev–Trinajstić information content (AvgIpc) is 2.37. The van der Waals surface area contributed by atoms with E-state index in [0.29, 0.717) is 5.69 Å². The Hall–Kier alpha value is -1.12. The molecule has 8 heteroatoms. The summed E-state index contributed by atoms with van der Waals surface area (Å²) in [7, 11) is -3.88. The standard InChI is InChI=1S/C13H11Br2FN2O2S/c1-7-4-8(14)2-3-12(7)18-21(19,20)13-6-11(17)10(16)5-9(13)15/h2-6,18H,17H2,1H3. The van der Waals surface area contributed by atoms with Gasteiger partial charge in [0.25, 0.3) is 10.0 Å². The lowest BCUT2D eigenvalue weighted by molar-refractivity contribution is 0.599. The molecule has 0 saturated heterocycles. The summed E-state index contributed by atoms with van der Waals surface area (Å²) in [5.41, 5.74) is 6.39. The van der Waals surface area contributed by atoms with Crippen LogP contribution in [0.5, 0.6) is 0 Å². The van der Waals surface area contributed by atoms with Crippen molar-refractivity contribution in [1.29, 1.82) is 0 Å². The minimum atomic E-state index is -3.88. The van der Waals surface area contributed by atoms with Crippen molar-refractivity contribution in [3.05, 3.63) is 50.7 Å². The molecule has 0 atom stereocenters. The molecule has 0 aliphatic heterocycles. The molecule has 0 heterocycles. The van der Waals surface area contributed by atoms with Crippen LogP contribution in [0.15, 0.2) is 44.2 Å². The maximum atomic E-state index is 13.3. The predicted molar refractivity (Wildman–Crippen MR) is 88.2 cm³/mol. The van der Waals surface area contributed by atoms with Crippen LogP contribution in [0.1, 0.15) is 5.56 Å². The third-order valence-electron chi connectivity index (χ3n) is 2.77. The first-order chi connectivity index (χ1) is 9.70. The van der Waals surface area contributed by atoms with E-state index in [1.54, 1.807) is 25.1 Å². The SMILES string of the molecule is Cc1cc(Br)ccc1NS(=O)(=O)c1cc(N)c(F)cc1Br. The van der Waals surface area contributed by atoms with Crippen LogP contribution in [-0.4, -0.2) is 8.42 Å². The second-order valence-corrected chi connectivity index (χ2v) is 7.79. The number of sulfonamides is 1. The summed E-state index contributed by atoms with van der Waals surface area (Å²) < 4.78 is 41.5. The zero-order valence-electron chi connectivity index (χ0n) is 10.8. The van der Waals surface area contributed by atoms with Gasteiger partial charge in [0, 0.05) is 8.95 Å². The van der Waals surface area contributed by atoms with Crippen LogP contribution >= 0.6 is 31.9 Å². The number of hydrogen-bond acceptors (Lipinski definition) is 3. The van der Waals surface area contributed by atoms with Crippen molar-refractivity contribution in [3.63, 3.8) is 0 Å². The van der Waals surface area contributed by atoms with Gasteiger partial charge in [0.1, 0.15) is 10.7 Å². The average molecular weight is 438 g/mol. The van der Waals surface area contributed by atoms with Crippen molar-refractivity contribution >= 4 is 53.3 Å². The van der Waals surface area contributed by atoms with Gasteiger partial charge in [0.05, 0.1) is 11.4 Å². The number of nitrogen functional groups attached to an aromatic ring is 1. The molecule has 0 saturated carbocycles. The Morgan fingerprint density at radius 3 is 2.48 bits per heavy atom. The molecular formula is C13H11Br2FN2O2S. The second-order valence-electron chi connectivity index (χ2n) is 4.37. The molecule has 2 aromatic carbocycles. The third-order valence-corrected chi connectivity index (χ3v) is 5.59. The Morgan fingerprint density at radius 1 is 1.19 bits per heavy atom. The molecule has 0 unspecified atom stereocenters. The molecule has 0 radical (unpaired) electrons. The van der Waals surface area contributed by atoms with Crippen molar-refractivity contribution < 1.29 is 12.8 Å². The van der Waals surface area contributed by atoms with Crippen LogP contribution in [0, 0.1) is 12.7 Å². The quantitative estimate of drug-likeness (QED) is 0.711. The number of aryl methyl sites for hydroxylation is 1. The van der Waals surface area contributed by atoms with Gasteiger partial charge in [0.15, 0.2) is 0 Å². The van der Waals surface area contributed by atoms with E-state index in [0.717, 1.165) is 22.2 Å². The second kappa shape index (κ2) is 5.94. The largest absolute Gasteiger partial charge is 0.396 e. The van der Waals surface area contributed by atoms with Gasteiger partial charge in [-0.3, -0.25) is 4.72 Å². The van der Waals surface area contributed by atoms with E-state index in [9.17, 15) is 12.8 Å². The zero-order chi connectivity index (χ0) is 15.8. The number of halogens is 3. The number of benzene rings is 2.